The van der Waals surface area contributed by atoms with Crippen molar-refractivity contribution in [2.24, 2.45) is 0 Å². The van der Waals surface area contributed by atoms with E-state index in [1.54, 1.807) is 0 Å². The van der Waals surface area contributed by atoms with E-state index in [9.17, 15) is 0 Å². The summed E-state index contributed by atoms with van der Waals surface area (Å²) in [5.41, 5.74) is 8.49. The summed E-state index contributed by atoms with van der Waals surface area (Å²) in [6.45, 7) is 12.1. The van der Waals surface area contributed by atoms with E-state index in [-0.39, 0.29) is 0 Å². The van der Waals surface area contributed by atoms with Crippen molar-refractivity contribution in [3.05, 3.63) is 27.8 Å². The first-order chi connectivity index (χ1) is 7.77. The molecule has 0 aliphatic rings. The molecule has 1 aromatic rings. The average molecular weight is 234 g/mol. The van der Waals surface area contributed by atoms with Crippen LogP contribution in [0.15, 0.2) is 0 Å². The lowest BCUT2D eigenvalue weighted by Gasteiger charge is -2.29. The molecule has 0 amide bonds. The Morgan fingerprint density at radius 2 is 1.00 bits per heavy atom. The van der Waals surface area contributed by atoms with Gasteiger partial charge in [-0.15, -0.1) is 0 Å². The highest BCUT2D eigenvalue weighted by molar-refractivity contribution is 5.65. The Morgan fingerprint density at radius 1 is 0.647 bits per heavy atom. The SMILES string of the molecule is Cc1c(C)c(C)c(N(C)CN(C)C)c(C)c1C. The van der Waals surface area contributed by atoms with Gasteiger partial charge in [-0.25, -0.2) is 0 Å². The summed E-state index contributed by atoms with van der Waals surface area (Å²) >= 11 is 0. The fourth-order valence-corrected chi connectivity index (χ4v) is 2.55. The maximum Gasteiger partial charge on any atom is 0.0699 e. The number of rotatable bonds is 3. The molecule has 0 spiro atoms. The van der Waals surface area contributed by atoms with E-state index in [0.29, 0.717) is 0 Å². The first-order valence-electron chi connectivity index (χ1n) is 6.20. The topological polar surface area (TPSA) is 6.48 Å². The smallest absolute Gasteiger partial charge is 0.0699 e. The van der Waals surface area contributed by atoms with Crippen molar-refractivity contribution in [3.63, 3.8) is 0 Å². The van der Waals surface area contributed by atoms with Gasteiger partial charge in [0.25, 0.3) is 0 Å². The molecule has 96 valence electrons. The monoisotopic (exact) mass is 234 g/mol. The minimum atomic E-state index is 0.948. The van der Waals surface area contributed by atoms with Crippen molar-refractivity contribution >= 4 is 5.69 Å². The van der Waals surface area contributed by atoms with E-state index in [4.69, 9.17) is 0 Å². The predicted molar refractivity (Wildman–Crippen MR) is 77.1 cm³/mol. The van der Waals surface area contributed by atoms with E-state index in [2.05, 4.69) is 65.6 Å². The van der Waals surface area contributed by atoms with Crippen LogP contribution < -0.4 is 4.90 Å². The standard InChI is InChI=1S/C15H26N2/c1-10-11(2)13(4)15(14(5)12(10)3)17(8)9-16(6)7/h9H2,1-8H3. The summed E-state index contributed by atoms with van der Waals surface area (Å²) in [6, 6.07) is 0. The van der Waals surface area contributed by atoms with Gasteiger partial charge in [-0.3, -0.25) is 4.90 Å². The van der Waals surface area contributed by atoms with Crippen LogP contribution in [0.2, 0.25) is 0 Å². The zero-order valence-corrected chi connectivity index (χ0v) is 12.6. The Balaban J connectivity index is 3.33. The predicted octanol–water partition coefficient (Wildman–Crippen LogP) is 3.18. The molecule has 1 aromatic carbocycles. The fourth-order valence-electron chi connectivity index (χ4n) is 2.55. The van der Waals surface area contributed by atoms with E-state index in [1.165, 1.54) is 33.5 Å². The van der Waals surface area contributed by atoms with Crippen molar-refractivity contribution in [3.8, 4) is 0 Å². The first kappa shape index (κ1) is 14.0. The van der Waals surface area contributed by atoms with Gasteiger partial charge in [0.05, 0.1) is 6.67 Å². The van der Waals surface area contributed by atoms with Crippen molar-refractivity contribution in [1.82, 2.24) is 4.90 Å². The molecule has 2 nitrogen and oxygen atoms in total. The van der Waals surface area contributed by atoms with Crippen LogP contribution >= 0.6 is 0 Å². The molecule has 0 fully saturated rings. The molecule has 0 radical (unpaired) electrons. The van der Waals surface area contributed by atoms with Crippen LogP contribution in [0.3, 0.4) is 0 Å². The van der Waals surface area contributed by atoms with Crippen molar-refractivity contribution in [2.45, 2.75) is 34.6 Å². The summed E-state index contributed by atoms with van der Waals surface area (Å²) in [5.74, 6) is 0. The van der Waals surface area contributed by atoms with E-state index >= 15 is 0 Å². The van der Waals surface area contributed by atoms with Gasteiger partial charge in [-0.1, -0.05) is 0 Å². The van der Waals surface area contributed by atoms with Crippen LogP contribution in [-0.2, 0) is 0 Å². The third-order valence-corrected chi connectivity index (χ3v) is 3.84. The molecule has 0 heterocycles. The van der Waals surface area contributed by atoms with Gasteiger partial charge in [0.2, 0.25) is 0 Å². The molecule has 2 heteroatoms. The number of hydrogen-bond acceptors (Lipinski definition) is 2. The summed E-state index contributed by atoms with van der Waals surface area (Å²) in [7, 11) is 6.38. The minimum Gasteiger partial charge on any atom is -0.361 e. The van der Waals surface area contributed by atoms with Gasteiger partial charge in [-0.2, -0.15) is 0 Å². The van der Waals surface area contributed by atoms with Crippen LogP contribution in [0, 0.1) is 34.6 Å². The molecule has 0 saturated carbocycles. The Hall–Kier alpha value is -1.02. The number of nitrogens with zero attached hydrogens (tertiary/aromatic N) is 2. The second kappa shape index (κ2) is 5.09. The summed E-state index contributed by atoms with van der Waals surface area (Å²) in [6.07, 6.45) is 0. The first-order valence-corrected chi connectivity index (χ1v) is 6.20. The summed E-state index contributed by atoms with van der Waals surface area (Å²) < 4.78 is 0. The zero-order chi connectivity index (χ0) is 13.3. The van der Waals surface area contributed by atoms with Gasteiger partial charge in [0, 0.05) is 12.7 Å². The Morgan fingerprint density at radius 3 is 1.35 bits per heavy atom. The van der Waals surface area contributed by atoms with Crippen molar-refractivity contribution in [1.29, 1.82) is 0 Å². The third-order valence-electron chi connectivity index (χ3n) is 3.84. The fraction of sp³-hybridized carbons (Fsp3) is 0.600. The molecular formula is C15H26N2. The zero-order valence-electron chi connectivity index (χ0n) is 12.6. The molecule has 17 heavy (non-hydrogen) atoms. The van der Waals surface area contributed by atoms with Gasteiger partial charge in [-0.05, 0) is 76.5 Å². The van der Waals surface area contributed by atoms with Crippen LogP contribution in [0.25, 0.3) is 0 Å². The van der Waals surface area contributed by atoms with Gasteiger partial charge < -0.3 is 4.90 Å². The van der Waals surface area contributed by atoms with Crippen LogP contribution in [0.5, 0.6) is 0 Å². The average Bonchev–Trinajstić information content (AvgIpc) is 2.23. The van der Waals surface area contributed by atoms with Crippen molar-refractivity contribution < 1.29 is 0 Å². The lowest BCUT2D eigenvalue weighted by Crippen LogP contribution is -2.31. The molecule has 0 unspecified atom stereocenters. The summed E-state index contributed by atoms with van der Waals surface area (Å²) in [4.78, 5) is 4.54. The van der Waals surface area contributed by atoms with Crippen LogP contribution in [0.1, 0.15) is 27.8 Å². The Bertz CT molecular complexity index is 390. The lowest BCUT2D eigenvalue weighted by molar-refractivity contribution is 0.411. The maximum absolute atomic E-state index is 2.34. The highest BCUT2D eigenvalue weighted by Crippen LogP contribution is 2.32. The van der Waals surface area contributed by atoms with E-state index < -0.39 is 0 Å². The van der Waals surface area contributed by atoms with Gasteiger partial charge in [0.15, 0.2) is 0 Å². The molecule has 0 saturated heterocycles. The molecule has 0 atom stereocenters. The van der Waals surface area contributed by atoms with Crippen LogP contribution in [-0.4, -0.2) is 32.7 Å². The highest BCUT2D eigenvalue weighted by Gasteiger charge is 2.15. The quantitative estimate of drug-likeness (QED) is 0.741. The van der Waals surface area contributed by atoms with Crippen molar-refractivity contribution in [2.75, 3.05) is 32.7 Å². The molecule has 0 aromatic heterocycles. The second-order valence-corrected chi connectivity index (χ2v) is 5.39. The number of hydrogen-bond donors (Lipinski definition) is 0. The Kier molecular flexibility index (Phi) is 4.21. The lowest BCUT2D eigenvalue weighted by atomic mass is 9.92. The molecule has 0 bridgehead atoms. The van der Waals surface area contributed by atoms with Crippen LogP contribution in [0.4, 0.5) is 5.69 Å². The molecule has 0 aliphatic carbocycles. The van der Waals surface area contributed by atoms with E-state index in [1.807, 2.05) is 0 Å². The molecule has 0 N–H and O–H groups in total. The minimum absolute atomic E-state index is 0.948. The maximum atomic E-state index is 2.34. The van der Waals surface area contributed by atoms with Gasteiger partial charge >= 0.3 is 0 Å². The number of anilines is 1. The third kappa shape index (κ3) is 2.63. The van der Waals surface area contributed by atoms with E-state index in [0.717, 1.165) is 6.67 Å². The second-order valence-electron chi connectivity index (χ2n) is 5.39. The van der Waals surface area contributed by atoms with Gasteiger partial charge in [0.1, 0.15) is 0 Å². The highest BCUT2D eigenvalue weighted by atomic mass is 15.3. The molecular weight excluding hydrogens is 208 g/mol. The number of benzene rings is 1. The largest absolute Gasteiger partial charge is 0.361 e. The molecule has 0 aliphatic heterocycles. The normalized spacial score (nSPS) is 11.1. The summed E-state index contributed by atoms with van der Waals surface area (Å²) in [5, 5.41) is 0. The Labute approximate surface area is 106 Å². The molecule has 1 rings (SSSR count).